The standard InChI is InChI=1S/C26H27ClN2O5/c1-4-28(5-2)19-9-6-16(7-10-19)23-22(25(31)26(32)29(23)12-13-33-3)24(30)21-15-17-14-18(27)8-11-20(17)34-21/h6-11,14-15,23,31H,4-5,12-13H2,1-3H3. The second-order valence-electron chi connectivity index (χ2n) is 8.04. The molecule has 1 N–H and O–H groups in total. The fraction of sp³-hybridized carbons (Fsp3) is 0.308. The van der Waals surface area contributed by atoms with E-state index in [-0.39, 0.29) is 24.5 Å². The molecule has 0 radical (unpaired) electrons. The topological polar surface area (TPSA) is 83.2 Å². The lowest BCUT2D eigenvalue weighted by atomic mass is 9.94. The van der Waals surface area contributed by atoms with E-state index in [9.17, 15) is 14.7 Å². The van der Waals surface area contributed by atoms with Crippen LogP contribution in [0.5, 0.6) is 0 Å². The highest BCUT2D eigenvalue weighted by molar-refractivity contribution is 6.31. The summed E-state index contributed by atoms with van der Waals surface area (Å²) >= 11 is 6.06. The van der Waals surface area contributed by atoms with Crippen molar-refractivity contribution in [1.29, 1.82) is 0 Å². The molecule has 178 valence electrons. The van der Waals surface area contributed by atoms with Gasteiger partial charge >= 0.3 is 0 Å². The maximum atomic E-state index is 13.6. The zero-order valence-electron chi connectivity index (χ0n) is 19.4. The second-order valence-corrected chi connectivity index (χ2v) is 8.48. The molecule has 0 spiro atoms. The number of fused-ring (bicyclic) bond motifs is 1. The number of amides is 1. The third-order valence-electron chi connectivity index (χ3n) is 6.12. The molecule has 2 aromatic carbocycles. The molecule has 1 aliphatic rings. The highest BCUT2D eigenvalue weighted by Crippen LogP contribution is 2.40. The van der Waals surface area contributed by atoms with Crippen molar-refractivity contribution in [2.75, 3.05) is 38.3 Å². The average Bonchev–Trinajstić information content (AvgIpc) is 3.37. The molecule has 1 aromatic heterocycles. The highest BCUT2D eigenvalue weighted by Gasteiger charge is 2.44. The molecule has 3 aromatic rings. The third kappa shape index (κ3) is 4.29. The number of hydrogen-bond donors (Lipinski definition) is 1. The van der Waals surface area contributed by atoms with Crippen molar-refractivity contribution in [2.45, 2.75) is 19.9 Å². The van der Waals surface area contributed by atoms with Crippen molar-refractivity contribution in [3.05, 3.63) is 76.2 Å². The zero-order chi connectivity index (χ0) is 24.4. The van der Waals surface area contributed by atoms with Crippen LogP contribution in [0.2, 0.25) is 5.02 Å². The summed E-state index contributed by atoms with van der Waals surface area (Å²) in [5.74, 6) is -1.70. The summed E-state index contributed by atoms with van der Waals surface area (Å²) in [4.78, 5) is 30.2. The molecule has 0 fully saturated rings. The normalized spacial score (nSPS) is 16.1. The Kier molecular flexibility index (Phi) is 6.95. The van der Waals surface area contributed by atoms with Gasteiger partial charge in [-0.2, -0.15) is 0 Å². The van der Waals surface area contributed by atoms with Gasteiger partial charge in [-0.15, -0.1) is 0 Å². The Hall–Kier alpha value is -3.29. The maximum Gasteiger partial charge on any atom is 0.290 e. The number of carbonyl (C=O) groups excluding carboxylic acids is 2. The highest BCUT2D eigenvalue weighted by atomic mass is 35.5. The quantitative estimate of drug-likeness (QED) is 0.424. The number of ether oxygens (including phenoxy) is 1. The molecule has 7 nitrogen and oxygen atoms in total. The Bertz CT molecular complexity index is 1240. The Morgan fingerprint density at radius 3 is 2.50 bits per heavy atom. The van der Waals surface area contributed by atoms with Crippen LogP contribution >= 0.6 is 11.6 Å². The molecule has 0 saturated heterocycles. The second kappa shape index (κ2) is 9.91. The summed E-state index contributed by atoms with van der Waals surface area (Å²) < 4.78 is 10.9. The largest absolute Gasteiger partial charge is 0.503 e. The Morgan fingerprint density at radius 1 is 1.15 bits per heavy atom. The first-order valence-corrected chi connectivity index (χ1v) is 11.6. The molecule has 2 heterocycles. The van der Waals surface area contributed by atoms with Crippen LogP contribution in [0.4, 0.5) is 5.69 Å². The first-order valence-electron chi connectivity index (χ1n) is 11.2. The van der Waals surface area contributed by atoms with Crippen molar-refractivity contribution in [1.82, 2.24) is 4.90 Å². The Morgan fingerprint density at radius 2 is 1.85 bits per heavy atom. The number of methoxy groups -OCH3 is 1. The van der Waals surface area contributed by atoms with Gasteiger partial charge in [-0.3, -0.25) is 9.59 Å². The number of ketones is 1. The summed E-state index contributed by atoms with van der Waals surface area (Å²) in [6, 6.07) is 13.5. The number of furan rings is 1. The lowest BCUT2D eigenvalue weighted by Crippen LogP contribution is -2.34. The minimum absolute atomic E-state index is 0.0122. The van der Waals surface area contributed by atoms with Crippen LogP contribution < -0.4 is 4.90 Å². The molecule has 4 rings (SSSR count). The van der Waals surface area contributed by atoms with Crippen LogP contribution in [0.25, 0.3) is 11.0 Å². The minimum Gasteiger partial charge on any atom is -0.503 e. The van der Waals surface area contributed by atoms with E-state index in [0.717, 1.165) is 18.8 Å². The van der Waals surface area contributed by atoms with Crippen LogP contribution in [-0.4, -0.2) is 55.0 Å². The van der Waals surface area contributed by atoms with E-state index in [1.165, 1.54) is 12.0 Å². The first kappa shape index (κ1) is 23.9. The lowest BCUT2D eigenvalue weighted by molar-refractivity contribution is -0.130. The number of carbonyl (C=O) groups is 2. The van der Waals surface area contributed by atoms with E-state index < -0.39 is 23.5 Å². The minimum atomic E-state index is -0.766. The number of halogens is 1. The molecule has 1 atom stereocenters. The lowest BCUT2D eigenvalue weighted by Gasteiger charge is -2.27. The molecule has 0 aliphatic carbocycles. The van der Waals surface area contributed by atoms with E-state index in [2.05, 4.69) is 18.7 Å². The molecule has 1 aliphatic heterocycles. The van der Waals surface area contributed by atoms with Crippen molar-refractivity contribution in [2.24, 2.45) is 0 Å². The molecule has 1 unspecified atom stereocenters. The van der Waals surface area contributed by atoms with E-state index in [1.807, 2.05) is 24.3 Å². The Balaban J connectivity index is 1.76. The molecule has 34 heavy (non-hydrogen) atoms. The molecule has 0 saturated carbocycles. The van der Waals surface area contributed by atoms with E-state index in [4.69, 9.17) is 20.8 Å². The van der Waals surface area contributed by atoms with Crippen LogP contribution in [-0.2, 0) is 9.53 Å². The van der Waals surface area contributed by atoms with Gasteiger partial charge in [0.25, 0.3) is 5.91 Å². The maximum absolute atomic E-state index is 13.6. The van der Waals surface area contributed by atoms with Gasteiger partial charge in [0.15, 0.2) is 11.5 Å². The van der Waals surface area contributed by atoms with Crippen molar-refractivity contribution in [3.63, 3.8) is 0 Å². The van der Waals surface area contributed by atoms with Crippen molar-refractivity contribution in [3.8, 4) is 0 Å². The van der Waals surface area contributed by atoms with Gasteiger partial charge in [-0.25, -0.2) is 0 Å². The number of benzene rings is 2. The van der Waals surface area contributed by atoms with Gasteiger partial charge in [0.05, 0.1) is 18.2 Å². The smallest absolute Gasteiger partial charge is 0.290 e. The van der Waals surface area contributed by atoms with Crippen LogP contribution in [0.15, 0.2) is 64.3 Å². The Labute approximate surface area is 203 Å². The monoisotopic (exact) mass is 482 g/mol. The van der Waals surface area contributed by atoms with Gasteiger partial charge in [0, 0.05) is 42.8 Å². The summed E-state index contributed by atoms with van der Waals surface area (Å²) in [5.41, 5.74) is 2.24. The van der Waals surface area contributed by atoms with Crippen molar-refractivity contribution < 1.29 is 23.8 Å². The molecule has 1 amide bonds. The fourth-order valence-electron chi connectivity index (χ4n) is 4.37. The average molecular weight is 483 g/mol. The van der Waals surface area contributed by atoms with Crippen LogP contribution in [0.3, 0.4) is 0 Å². The van der Waals surface area contributed by atoms with Gasteiger partial charge in [-0.1, -0.05) is 23.7 Å². The molecular formula is C26H27ClN2O5. The zero-order valence-corrected chi connectivity index (χ0v) is 20.1. The van der Waals surface area contributed by atoms with Gasteiger partial charge in [0.2, 0.25) is 5.78 Å². The number of nitrogens with zero attached hydrogens (tertiary/aromatic N) is 2. The predicted molar refractivity (Wildman–Crippen MR) is 132 cm³/mol. The summed E-state index contributed by atoms with van der Waals surface area (Å²) in [6.07, 6.45) is 0. The molecular weight excluding hydrogens is 456 g/mol. The van der Waals surface area contributed by atoms with Crippen LogP contribution in [0, 0.1) is 0 Å². The van der Waals surface area contributed by atoms with E-state index in [1.54, 1.807) is 24.3 Å². The summed E-state index contributed by atoms with van der Waals surface area (Å²) in [7, 11) is 1.54. The van der Waals surface area contributed by atoms with Crippen molar-refractivity contribution >= 4 is 39.9 Å². The number of hydrogen-bond acceptors (Lipinski definition) is 6. The number of aliphatic hydroxyl groups is 1. The SMILES string of the molecule is CCN(CC)c1ccc(C2C(C(=O)c3cc4cc(Cl)ccc4o3)=C(O)C(=O)N2CCOC)cc1. The van der Waals surface area contributed by atoms with Gasteiger partial charge in [-0.05, 0) is 55.8 Å². The molecule has 8 heteroatoms. The number of aliphatic hydroxyl groups excluding tert-OH is 1. The summed E-state index contributed by atoms with van der Waals surface area (Å²) in [6.45, 7) is 6.36. The third-order valence-corrected chi connectivity index (χ3v) is 6.36. The predicted octanol–water partition coefficient (Wildman–Crippen LogP) is 5.16. The van der Waals surface area contributed by atoms with E-state index in [0.29, 0.717) is 21.6 Å². The van der Waals surface area contributed by atoms with Gasteiger partial charge < -0.3 is 24.1 Å². The van der Waals surface area contributed by atoms with E-state index >= 15 is 0 Å². The number of rotatable bonds is 9. The summed E-state index contributed by atoms with van der Waals surface area (Å²) in [5, 5.41) is 12.0. The van der Waals surface area contributed by atoms with Crippen LogP contribution in [0.1, 0.15) is 36.0 Å². The number of anilines is 1. The fourth-order valence-corrected chi connectivity index (χ4v) is 4.55. The molecule has 0 bridgehead atoms. The number of Topliss-reactive ketones (excluding diaryl/α,β-unsaturated/α-hetero) is 1. The first-order chi connectivity index (χ1) is 16.4. The van der Waals surface area contributed by atoms with Gasteiger partial charge in [0.1, 0.15) is 5.58 Å².